The smallest absolute Gasteiger partial charge is 0.411 e. The van der Waals surface area contributed by atoms with E-state index >= 15 is 0 Å². The van der Waals surface area contributed by atoms with Crippen molar-refractivity contribution < 1.29 is 22.8 Å². The average Bonchev–Trinajstić information content (AvgIpc) is 3.43. The molecule has 2 aromatic carbocycles. The van der Waals surface area contributed by atoms with Crippen LogP contribution >= 0.6 is 11.8 Å². The lowest BCUT2D eigenvalue weighted by Crippen LogP contribution is -2.28. The van der Waals surface area contributed by atoms with Gasteiger partial charge in [0.25, 0.3) is 5.91 Å². The highest BCUT2D eigenvalue weighted by molar-refractivity contribution is 7.99. The SMILES string of the molecule is NOc1cccc(-n2nc(C(=O)N3CCSC3)cc2-c2cccc(C(F)(F)F)c2)c1. The third-order valence-electron chi connectivity index (χ3n) is 4.65. The maximum absolute atomic E-state index is 13.2. The van der Waals surface area contributed by atoms with Gasteiger partial charge in [0.05, 0.1) is 22.8 Å². The van der Waals surface area contributed by atoms with Crippen molar-refractivity contribution >= 4 is 17.7 Å². The molecule has 30 heavy (non-hydrogen) atoms. The molecule has 1 amide bonds. The standard InChI is InChI=1S/C20H17F3N4O2S/c21-20(22,23)14-4-1-3-13(9-14)18-11-17(19(28)26-7-8-30-12-26)25-27(18)15-5-2-6-16(10-15)29-24/h1-6,9-11H,7-8,12,24H2. The summed E-state index contributed by atoms with van der Waals surface area (Å²) in [7, 11) is 0. The summed E-state index contributed by atoms with van der Waals surface area (Å²) >= 11 is 1.63. The fraction of sp³-hybridized carbons (Fsp3) is 0.200. The lowest BCUT2D eigenvalue weighted by Gasteiger charge is -2.12. The Balaban J connectivity index is 1.84. The van der Waals surface area contributed by atoms with E-state index in [2.05, 4.69) is 5.10 Å². The third kappa shape index (κ3) is 4.01. The van der Waals surface area contributed by atoms with E-state index in [1.807, 2.05) is 0 Å². The number of carbonyl (C=O) groups is 1. The quantitative estimate of drug-likeness (QED) is 0.630. The van der Waals surface area contributed by atoms with Crippen molar-refractivity contribution in [2.45, 2.75) is 6.18 Å². The van der Waals surface area contributed by atoms with Gasteiger partial charge in [-0.3, -0.25) is 4.79 Å². The normalized spacial score (nSPS) is 14.2. The van der Waals surface area contributed by atoms with Crippen LogP contribution in [0.2, 0.25) is 0 Å². The molecule has 1 aliphatic heterocycles. The highest BCUT2D eigenvalue weighted by Crippen LogP contribution is 2.33. The van der Waals surface area contributed by atoms with Crippen LogP contribution in [0.15, 0.2) is 54.6 Å². The molecule has 0 atom stereocenters. The second kappa shape index (κ2) is 8.04. The van der Waals surface area contributed by atoms with E-state index in [-0.39, 0.29) is 17.2 Å². The van der Waals surface area contributed by atoms with Crippen LogP contribution in [0.3, 0.4) is 0 Å². The number of carbonyl (C=O) groups excluding carboxylic acids is 1. The number of alkyl halides is 3. The Kier molecular flexibility index (Phi) is 5.44. The van der Waals surface area contributed by atoms with Gasteiger partial charge in [-0.15, -0.1) is 11.8 Å². The Morgan fingerprint density at radius 1 is 1.13 bits per heavy atom. The number of amides is 1. The molecule has 0 bridgehead atoms. The zero-order valence-corrected chi connectivity index (χ0v) is 16.4. The highest BCUT2D eigenvalue weighted by atomic mass is 32.2. The predicted octanol–water partition coefficient (Wildman–Crippen LogP) is 3.96. The van der Waals surface area contributed by atoms with Gasteiger partial charge < -0.3 is 9.74 Å². The maximum atomic E-state index is 13.2. The van der Waals surface area contributed by atoms with Crippen LogP contribution in [-0.2, 0) is 6.18 Å². The number of thioether (sulfide) groups is 1. The van der Waals surface area contributed by atoms with Crippen molar-refractivity contribution in [2.24, 2.45) is 5.90 Å². The molecular weight excluding hydrogens is 417 g/mol. The lowest BCUT2D eigenvalue weighted by atomic mass is 10.1. The third-order valence-corrected chi connectivity index (χ3v) is 5.62. The first-order chi connectivity index (χ1) is 14.4. The molecule has 6 nitrogen and oxygen atoms in total. The van der Waals surface area contributed by atoms with E-state index in [1.165, 1.54) is 16.8 Å². The first-order valence-corrected chi connectivity index (χ1v) is 10.1. The second-order valence-electron chi connectivity index (χ2n) is 6.63. The number of hydrogen-bond acceptors (Lipinski definition) is 5. The van der Waals surface area contributed by atoms with Gasteiger partial charge in [0.2, 0.25) is 0 Å². The molecule has 0 unspecified atom stereocenters. The van der Waals surface area contributed by atoms with Crippen LogP contribution in [-0.4, -0.2) is 38.8 Å². The van der Waals surface area contributed by atoms with Crippen LogP contribution in [0.25, 0.3) is 16.9 Å². The monoisotopic (exact) mass is 434 g/mol. The van der Waals surface area contributed by atoms with Crippen LogP contribution in [0.4, 0.5) is 13.2 Å². The van der Waals surface area contributed by atoms with Crippen molar-refractivity contribution in [3.05, 3.63) is 65.9 Å². The molecule has 3 aromatic rings. The number of hydrogen-bond donors (Lipinski definition) is 1. The molecule has 0 saturated carbocycles. The molecule has 156 valence electrons. The summed E-state index contributed by atoms with van der Waals surface area (Å²) in [6.45, 7) is 0.603. The highest BCUT2D eigenvalue weighted by Gasteiger charge is 2.31. The first kappa shape index (κ1) is 20.3. The first-order valence-electron chi connectivity index (χ1n) is 8.99. The van der Waals surface area contributed by atoms with Crippen molar-refractivity contribution in [1.29, 1.82) is 0 Å². The summed E-state index contributed by atoms with van der Waals surface area (Å²) in [6.07, 6.45) is -4.49. The summed E-state index contributed by atoms with van der Waals surface area (Å²) in [5, 5.41) is 4.41. The largest absolute Gasteiger partial charge is 0.416 e. The molecule has 0 radical (unpaired) electrons. The summed E-state index contributed by atoms with van der Waals surface area (Å²) in [5.41, 5.74) is 0.511. The van der Waals surface area contributed by atoms with Gasteiger partial charge in [-0.05, 0) is 30.3 Å². The molecule has 2 N–H and O–H groups in total. The molecule has 4 rings (SSSR count). The van der Waals surface area contributed by atoms with Gasteiger partial charge >= 0.3 is 6.18 Å². The Morgan fingerprint density at radius 3 is 2.63 bits per heavy atom. The molecule has 1 saturated heterocycles. The predicted molar refractivity (Wildman–Crippen MR) is 107 cm³/mol. The summed E-state index contributed by atoms with van der Waals surface area (Å²) in [4.78, 5) is 19.2. The van der Waals surface area contributed by atoms with Gasteiger partial charge in [0.15, 0.2) is 5.69 Å². The van der Waals surface area contributed by atoms with Gasteiger partial charge in [0.1, 0.15) is 5.75 Å². The minimum absolute atomic E-state index is 0.156. The second-order valence-corrected chi connectivity index (χ2v) is 7.70. The van der Waals surface area contributed by atoms with E-state index in [9.17, 15) is 18.0 Å². The van der Waals surface area contributed by atoms with E-state index in [0.29, 0.717) is 29.6 Å². The van der Waals surface area contributed by atoms with Crippen molar-refractivity contribution in [3.63, 3.8) is 0 Å². The topological polar surface area (TPSA) is 73.4 Å². The molecular formula is C20H17F3N4O2S. The molecule has 2 heterocycles. The Labute approximate surface area is 174 Å². The fourth-order valence-corrected chi connectivity index (χ4v) is 4.11. The number of benzene rings is 2. The van der Waals surface area contributed by atoms with Crippen LogP contribution in [0.1, 0.15) is 16.1 Å². The number of halogens is 3. The van der Waals surface area contributed by atoms with Crippen molar-refractivity contribution in [2.75, 3.05) is 18.2 Å². The number of nitrogens with two attached hydrogens (primary N) is 1. The zero-order chi connectivity index (χ0) is 21.3. The molecule has 1 aromatic heterocycles. The fourth-order valence-electron chi connectivity index (χ4n) is 3.17. The van der Waals surface area contributed by atoms with Gasteiger partial charge in [0, 0.05) is 23.9 Å². The summed E-state index contributed by atoms with van der Waals surface area (Å²) < 4.78 is 41.1. The molecule has 10 heteroatoms. The van der Waals surface area contributed by atoms with Crippen molar-refractivity contribution in [1.82, 2.24) is 14.7 Å². The van der Waals surface area contributed by atoms with Crippen LogP contribution in [0.5, 0.6) is 5.75 Å². The minimum Gasteiger partial charge on any atom is -0.411 e. The molecule has 0 aliphatic carbocycles. The van der Waals surface area contributed by atoms with E-state index in [4.69, 9.17) is 10.7 Å². The Bertz CT molecular complexity index is 1080. The summed E-state index contributed by atoms with van der Waals surface area (Å²) in [6, 6.07) is 13.0. The molecule has 1 fully saturated rings. The van der Waals surface area contributed by atoms with Gasteiger partial charge in [-0.1, -0.05) is 18.2 Å². The summed E-state index contributed by atoms with van der Waals surface area (Å²) in [5.74, 6) is 6.71. The Hall–Kier alpha value is -2.98. The number of rotatable bonds is 4. The van der Waals surface area contributed by atoms with Gasteiger partial charge in [-0.2, -0.15) is 24.2 Å². The van der Waals surface area contributed by atoms with Crippen LogP contribution in [0, 0.1) is 0 Å². The Morgan fingerprint density at radius 2 is 1.93 bits per heavy atom. The van der Waals surface area contributed by atoms with Gasteiger partial charge in [-0.25, -0.2) is 4.68 Å². The van der Waals surface area contributed by atoms with E-state index in [0.717, 1.165) is 17.9 Å². The average molecular weight is 434 g/mol. The molecule has 1 aliphatic rings. The maximum Gasteiger partial charge on any atom is 0.416 e. The van der Waals surface area contributed by atoms with Crippen molar-refractivity contribution in [3.8, 4) is 22.7 Å². The number of nitrogens with zero attached hydrogens (tertiary/aromatic N) is 3. The zero-order valence-electron chi connectivity index (χ0n) is 15.6. The van der Waals surface area contributed by atoms with E-state index in [1.54, 1.807) is 47.0 Å². The lowest BCUT2D eigenvalue weighted by molar-refractivity contribution is -0.137. The van der Waals surface area contributed by atoms with E-state index < -0.39 is 11.7 Å². The number of aromatic nitrogens is 2. The minimum atomic E-state index is -4.49. The van der Waals surface area contributed by atoms with Crippen LogP contribution < -0.4 is 10.7 Å². The molecule has 0 spiro atoms.